The third-order valence-corrected chi connectivity index (χ3v) is 3.03. The number of aromatic nitrogens is 1. The number of nitrogens with one attached hydrogen (secondary N) is 1. The van der Waals surface area contributed by atoms with Crippen molar-refractivity contribution in [2.45, 2.75) is 25.7 Å². The number of hydrogen-bond acceptors (Lipinski definition) is 3. The Labute approximate surface area is 89.9 Å². The molecule has 0 amide bonds. The zero-order valence-corrected chi connectivity index (χ0v) is 8.99. The quantitative estimate of drug-likeness (QED) is 0.769. The summed E-state index contributed by atoms with van der Waals surface area (Å²) in [5.74, 6) is 1.29. The van der Waals surface area contributed by atoms with Crippen molar-refractivity contribution < 1.29 is 4.79 Å². The maximum absolute atomic E-state index is 12.1. The first-order chi connectivity index (χ1) is 7.31. The van der Waals surface area contributed by atoms with Crippen LogP contribution in [0.15, 0.2) is 18.3 Å². The third kappa shape index (κ3) is 2.17. The molecule has 1 aromatic heterocycles. The van der Waals surface area contributed by atoms with Gasteiger partial charge in [-0.15, -0.1) is 0 Å². The Balaban J connectivity index is 2.17. The minimum atomic E-state index is 0.247. The highest BCUT2D eigenvalue weighted by atomic mass is 16.1. The molecule has 1 fully saturated rings. The van der Waals surface area contributed by atoms with E-state index in [-0.39, 0.29) is 11.7 Å². The standard InChI is InChI=1S/C12H16N2O/c1-13-11-8-10(6-7-14-11)12(15)9-4-2-3-5-9/h6-9H,2-5H2,1H3,(H,13,14). The SMILES string of the molecule is CNc1cc(C(=O)C2CCCC2)ccn1. The van der Waals surface area contributed by atoms with Gasteiger partial charge in [0.1, 0.15) is 5.82 Å². The summed E-state index contributed by atoms with van der Waals surface area (Å²) in [6, 6.07) is 3.64. The first-order valence-corrected chi connectivity index (χ1v) is 5.49. The van der Waals surface area contributed by atoms with Gasteiger partial charge in [-0.1, -0.05) is 12.8 Å². The Kier molecular flexibility index (Phi) is 2.99. The molecule has 1 saturated carbocycles. The van der Waals surface area contributed by atoms with E-state index in [2.05, 4.69) is 10.3 Å². The van der Waals surface area contributed by atoms with Gasteiger partial charge in [0.15, 0.2) is 5.78 Å². The molecule has 0 aliphatic heterocycles. The van der Waals surface area contributed by atoms with E-state index in [1.807, 2.05) is 19.2 Å². The molecule has 2 rings (SSSR count). The fourth-order valence-electron chi connectivity index (χ4n) is 2.14. The van der Waals surface area contributed by atoms with Crippen LogP contribution in [0.3, 0.4) is 0 Å². The van der Waals surface area contributed by atoms with E-state index in [1.54, 1.807) is 6.20 Å². The molecular weight excluding hydrogens is 188 g/mol. The van der Waals surface area contributed by atoms with Crippen molar-refractivity contribution in [3.05, 3.63) is 23.9 Å². The molecule has 0 saturated heterocycles. The normalized spacial score (nSPS) is 16.6. The van der Waals surface area contributed by atoms with Gasteiger partial charge in [-0.25, -0.2) is 4.98 Å². The molecule has 3 nitrogen and oxygen atoms in total. The molecule has 0 radical (unpaired) electrons. The van der Waals surface area contributed by atoms with Crippen LogP contribution in [0, 0.1) is 5.92 Å². The van der Waals surface area contributed by atoms with Crippen molar-refractivity contribution in [3.63, 3.8) is 0 Å². The molecule has 1 N–H and O–H groups in total. The monoisotopic (exact) mass is 204 g/mol. The largest absolute Gasteiger partial charge is 0.373 e. The van der Waals surface area contributed by atoms with Gasteiger partial charge in [0.25, 0.3) is 0 Å². The lowest BCUT2D eigenvalue weighted by Crippen LogP contribution is -2.11. The maximum atomic E-state index is 12.1. The Bertz CT molecular complexity index is 356. The Morgan fingerprint density at radius 2 is 2.20 bits per heavy atom. The summed E-state index contributed by atoms with van der Waals surface area (Å²) in [5.41, 5.74) is 0.793. The van der Waals surface area contributed by atoms with E-state index in [9.17, 15) is 4.79 Å². The van der Waals surface area contributed by atoms with Gasteiger partial charge in [-0.2, -0.15) is 0 Å². The topological polar surface area (TPSA) is 42.0 Å². The molecule has 15 heavy (non-hydrogen) atoms. The van der Waals surface area contributed by atoms with Crippen LogP contribution in [0.2, 0.25) is 0 Å². The minimum absolute atomic E-state index is 0.247. The molecule has 3 heteroatoms. The number of ketones is 1. The zero-order valence-electron chi connectivity index (χ0n) is 8.99. The summed E-state index contributed by atoms with van der Waals surface area (Å²) in [5, 5.41) is 2.95. The average Bonchev–Trinajstić information content (AvgIpc) is 2.81. The highest BCUT2D eigenvalue weighted by Gasteiger charge is 2.23. The lowest BCUT2D eigenvalue weighted by Gasteiger charge is -2.08. The van der Waals surface area contributed by atoms with Crippen LogP contribution < -0.4 is 5.32 Å². The molecule has 0 aromatic carbocycles. The average molecular weight is 204 g/mol. The van der Waals surface area contributed by atoms with Gasteiger partial charge in [-0.05, 0) is 25.0 Å². The molecule has 80 valence electrons. The van der Waals surface area contributed by atoms with Crippen molar-refractivity contribution in [2.75, 3.05) is 12.4 Å². The Morgan fingerprint density at radius 3 is 2.87 bits per heavy atom. The number of pyridine rings is 1. The molecule has 0 spiro atoms. The summed E-state index contributed by atoms with van der Waals surface area (Å²) in [4.78, 5) is 16.2. The number of carbonyl (C=O) groups excluding carboxylic acids is 1. The van der Waals surface area contributed by atoms with E-state index < -0.39 is 0 Å². The summed E-state index contributed by atoms with van der Waals surface area (Å²) in [6.07, 6.45) is 6.18. The highest BCUT2D eigenvalue weighted by Crippen LogP contribution is 2.28. The van der Waals surface area contributed by atoms with Crippen molar-refractivity contribution in [3.8, 4) is 0 Å². The Morgan fingerprint density at radius 1 is 1.47 bits per heavy atom. The second kappa shape index (κ2) is 4.43. The van der Waals surface area contributed by atoms with Gasteiger partial charge in [-0.3, -0.25) is 4.79 Å². The van der Waals surface area contributed by atoms with Gasteiger partial charge < -0.3 is 5.32 Å². The molecular formula is C12H16N2O. The van der Waals surface area contributed by atoms with Crippen molar-refractivity contribution in [1.82, 2.24) is 4.98 Å². The van der Waals surface area contributed by atoms with Gasteiger partial charge in [0.05, 0.1) is 0 Å². The number of carbonyl (C=O) groups is 1. The van der Waals surface area contributed by atoms with E-state index in [4.69, 9.17) is 0 Å². The second-order valence-electron chi connectivity index (χ2n) is 4.03. The first kappa shape index (κ1) is 10.1. The van der Waals surface area contributed by atoms with E-state index in [0.717, 1.165) is 24.2 Å². The number of hydrogen-bond donors (Lipinski definition) is 1. The molecule has 0 unspecified atom stereocenters. The van der Waals surface area contributed by atoms with Gasteiger partial charge in [0.2, 0.25) is 0 Å². The summed E-state index contributed by atoms with van der Waals surface area (Å²) in [6.45, 7) is 0. The molecule has 1 aromatic rings. The third-order valence-electron chi connectivity index (χ3n) is 3.03. The predicted octanol–water partition coefficient (Wildman–Crippen LogP) is 2.50. The van der Waals surface area contributed by atoms with Crippen molar-refractivity contribution in [1.29, 1.82) is 0 Å². The second-order valence-corrected chi connectivity index (χ2v) is 4.03. The van der Waals surface area contributed by atoms with Crippen molar-refractivity contribution in [2.24, 2.45) is 5.92 Å². The van der Waals surface area contributed by atoms with E-state index in [1.165, 1.54) is 12.8 Å². The lowest BCUT2D eigenvalue weighted by atomic mass is 9.97. The fourth-order valence-corrected chi connectivity index (χ4v) is 2.14. The fraction of sp³-hybridized carbons (Fsp3) is 0.500. The molecule has 0 atom stereocenters. The van der Waals surface area contributed by atoms with E-state index >= 15 is 0 Å². The first-order valence-electron chi connectivity index (χ1n) is 5.49. The Hall–Kier alpha value is -1.38. The molecule has 0 bridgehead atoms. The number of Topliss-reactive ketones (excluding diaryl/α,β-unsaturated/α-hetero) is 1. The smallest absolute Gasteiger partial charge is 0.166 e. The zero-order chi connectivity index (χ0) is 10.7. The number of anilines is 1. The van der Waals surface area contributed by atoms with Crippen LogP contribution >= 0.6 is 0 Å². The van der Waals surface area contributed by atoms with Crippen LogP contribution in [0.1, 0.15) is 36.0 Å². The van der Waals surface area contributed by atoms with Crippen LogP contribution in [0.5, 0.6) is 0 Å². The predicted molar refractivity (Wildman–Crippen MR) is 60.1 cm³/mol. The van der Waals surface area contributed by atoms with E-state index in [0.29, 0.717) is 0 Å². The minimum Gasteiger partial charge on any atom is -0.373 e. The van der Waals surface area contributed by atoms with Crippen LogP contribution in [0.4, 0.5) is 5.82 Å². The molecule has 1 aliphatic carbocycles. The summed E-state index contributed by atoms with van der Waals surface area (Å²) in [7, 11) is 1.81. The maximum Gasteiger partial charge on any atom is 0.166 e. The lowest BCUT2D eigenvalue weighted by molar-refractivity contribution is 0.0923. The highest BCUT2D eigenvalue weighted by molar-refractivity contribution is 5.98. The molecule has 1 heterocycles. The van der Waals surface area contributed by atoms with Crippen LogP contribution in [0.25, 0.3) is 0 Å². The van der Waals surface area contributed by atoms with Crippen LogP contribution in [-0.2, 0) is 0 Å². The van der Waals surface area contributed by atoms with Gasteiger partial charge in [0, 0.05) is 24.7 Å². The van der Waals surface area contributed by atoms with Crippen molar-refractivity contribution >= 4 is 11.6 Å². The number of rotatable bonds is 3. The molecule has 1 aliphatic rings. The summed E-state index contributed by atoms with van der Waals surface area (Å²) < 4.78 is 0. The number of nitrogens with zero attached hydrogens (tertiary/aromatic N) is 1. The summed E-state index contributed by atoms with van der Waals surface area (Å²) >= 11 is 0. The van der Waals surface area contributed by atoms with Gasteiger partial charge >= 0.3 is 0 Å². The van der Waals surface area contributed by atoms with Crippen LogP contribution in [-0.4, -0.2) is 17.8 Å².